The van der Waals surface area contributed by atoms with Crippen LogP contribution in [0.1, 0.15) is 51.9 Å². The van der Waals surface area contributed by atoms with Gasteiger partial charge in [0, 0.05) is 18.7 Å². The molecule has 1 aliphatic carbocycles. The van der Waals surface area contributed by atoms with Crippen molar-refractivity contribution in [2.24, 2.45) is 5.92 Å². The Labute approximate surface area is 161 Å². The molecule has 0 aromatic heterocycles. The molecular formula is C21H31N3O3. The first-order valence-corrected chi connectivity index (χ1v) is 9.98. The van der Waals surface area contributed by atoms with Gasteiger partial charge in [-0.2, -0.15) is 0 Å². The molecule has 3 amide bonds. The second kappa shape index (κ2) is 11.4. The highest BCUT2D eigenvalue weighted by Gasteiger charge is 2.20. The maximum absolute atomic E-state index is 12.5. The average molecular weight is 373 g/mol. The quantitative estimate of drug-likeness (QED) is 0.662. The lowest BCUT2D eigenvalue weighted by Crippen LogP contribution is -2.43. The van der Waals surface area contributed by atoms with Gasteiger partial charge in [0.05, 0.1) is 13.1 Å². The smallest absolute Gasteiger partial charge is 0.243 e. The summed E-state index contributed by atoms with van der Waals surface area (Å²) in [4.78, 5) is 38.2. The zero-order valence-corrected chi connectivity index (χ0v) is 16.2. The molecule has 1 saturated carbocycles. The molecule has 2 N–H and O–H groups in total. The summed E-state index contributed by atoms with van der Waals surface area (Å²) in [7, 11) is 0. The van der Waals surface area contributed by atoms with E-state index in [1.54, 1.807) is 17.0 Å². The van der Waals surface area contributed by atoms with E-state index in [-0.39, 0.29) is 30.8 Å². The lowest BCUT2D eigenvalue weighted by Gasteiger charge is -2.22. The molecule has 0 unspecified atom stereocenters. The molecule has 0 bridgehead atoms. The third-order valence-electron chi connectivity index (χ3n) is 4.93. The Morgan fingerprint density at radius 3 is 2.44 bits per heavy atom. The highest BCUT2D eigenvalue weighted by molar-refractivity contribution is 5.95. The minimum Gasteiger partial charge on any atom is -0.345 e. The first-order chi connectivity index (χ1) is 13.1. The number of benzene rings is 1. The molecule has 1 fully saturated rings. The molecule has 148 valence electrons. The van der Waals surface area contributed by atoms with Gasteiger partial charge in [-0.05, 0) is 30.9 Å². The van der Waals surface area contributed by atoms with E-state index < -0.39 is 0 Å². The number of hydrogen-bond donors (Lipinski definition) is 2. The summed E-state index contributed by atoms with van der Waals surface area (Å²) in [6, 6.07) is 9.09. The highest BCUT2D eigenvalue weighted by Crippen LogP contribution is 2.28. The third kappa shape index (κ3) is 7.81. The van der Waals surface area contributed by atoms with Crippen LogP contribution in [0.25, 0.3) is 0 Å². The standard InChI is InChI=1S/C21H31N3O3/c1-2-14-24(21(27)13-12-17-8-6-7-9-17)16-20(26)22-15-19(25)23-18-10-4-3-5-11-18/h3-5,10-11,17H,2,6-9,12-16H2,1H3,(H,22,26)(H,23,25). The fraction of sp³-hybridized carbons (Fsp3) is 0.571. The molecule has 0 spiro atoms. The second-order valence-corrected chi connectivity index (χ2v) is 7.20. The van der Waals surface area contributed by atoms with Crippen LogP contribution in [0.15, 0.2) is 30.3 Å². The van der Waals surface area contributed by atoms with Gasteiger partial charge in [0.25, 0.3) is 0 Å². The Balaban J connectivity index is 1.72. The Kier molecular flexibility index (Phi) is 8.81. The Morgan fingerprint density at radius 2 is 1.78 bits per heavy atom. The minimum absolute atomic E-state index is 0.00988. The molecule has 0 saturated heterocycles. The van der Waals surface area contributed by atoms with Crippen molar-refractivity contribution >= 4 is 23.4 Å². The molecule has 1 aromatic carbocycles. The summed E-state index contributed by atoms with van der Waals surface area (Å²) < 4.78 is 0. The summed E-state index contributed by atoms with van der Waals surface area (Å²) >= 11 is 0. The van der Waals surface area contributed by atoms with E-state index in [0.29, 0.717) is 24.6 Å². The van der Waals surface area contributed by atoms with E-state index in [0.717, 1.165) is 12.8 Å². The summed E-state index contributed by atoms with van der Waals surface area (Å²) in [5, 5.41) is 5.31. The highest BCUT2D eigenvalue weighted by atomic mass is 16.2. The van der Waals surface area contributed by atoms with Crippen LogP contribution >= 0.6 is 0 Å². The zero-order chi connectivity index (χ0) is 19.5. The van der Waals surface area contributed by atoms with Crippen molar-refractivity contribution in [3.8, 4) is 0 Å². The van der Waals surface area contributed by atoms with Crippen molar-refractivity contribution < 1.29 is 14.4 Å². The van der Waals surface area contributed by atoms with Crippen LogP contribution in [-0.4, -0.2) is 42.3 Å². The Hall–Kier alpha value is -2.37. The zero-order valence-electron chi connectivity index (χ0n) is 16.2. The fourth-order valence-corrected chi connectivity index (χ4v) is 3.48. The first kappa shape index (κ1) is 20.9. The average Bonchev–Trinajstić information content (AvgIpc) is 3.18. The van der Waals surface area contributed by atoms with Crippen molar-refractivity contribution in [2.75, 3.05) is 25.0 Å². The topological polar surface area (TPSA) is 78.5 Å². The molecule has 2 rings (SSSR count). The lowest BCUT2D eigenvalue weighted by atomic mass is 10.0. The number of amides is 3. The lowest BCUT2D eigenvalue weighted by molar-refractivity contribution is -0.136. The molecule has 0 aliphatic heterocycles. The van der Waals surface area contributed by atoms with Gasteiger partial charge < -0.3 is 15.5 Å². The van der Waals surface area contributed by atoms with Crippen molar-refractivity contribution in [1.29, 1.82) is 0 Å². The minimum atomic E-state index is -0.305. The van der Waals surface area contributed by atoms with Crippen LogP contribution in [-0.2, 0) is 14.4 Å². The molecule has 6 nitrogen and oxygen atoms in total. The Bertz CT molecular complexity index is 612. The van der Waals surface area contributed by atoms with E-state index in [2.05, 4.69) is 10.6 Å². The summed E-state index contributed by atoms with van der Waals surface area (Å²) in [5.74, 6) is 0.102. The van der Waals surface area contributed by atoms with Crippen LogP contribution in [0, 0.1) is 5.92 Å². The predicted molar refractivity (Wildman–Crippen MR) is 106 cm³/mol. The number of anilines is 1. The molecule has 1 aromatic rings. The number of para-hydroxylation sites is 1. The number of carbonyl (C=O) groups excluding carboxylic acids is 3. The van der Waals surface area contributed by atoms with Gasteiger partial charge in [0.15, 0.2) is 0 Å². The molecule has 1 aliphatic rings. The van der Waals surface area contributed by atoms with Gasteiger partial charge in [-0.1, -0.05) is 50.8 Å². The number of hydrogen-bond acceptors (Lipinski definition) is 3. The van der Waals surface area contributed by atoms with Gasteiger partial charge in [0.2, 0.25) is 17.7 Å². The van der Waals surface area contributed by atoms with Crippen LogP contribution < -0.4 is 10.6 Å². The normalized spacial score (nSPS) is 14.0. The molecule has 0 atom stereocenters. The van der Waals surface area contributed by atoms with Crippen LogP contribution in [0.5, 0.6) is 0 Å². The summed E-state index contributed by atoms with van der Waals surface area (Å²) in [6.07, 6.45) is 7.20. The molecule has 6 heteroatoms. The van der Waals surface area contributed by atoms with Crippen molar-refractivity contribution in [3.63, 3.8) is 0 Å². The SMILES string of the molecule is CCCN(CC(=O)NCC(=O)Nc1ccccc1)C(=O)CCC1CCCC1. The van der Waals surface area contributed by atoms with Crippen LogP contribution in [0.2, 0.25) is 0 Å². The first-order valence-electron chi connectivity index (χ1n) is 9.98. The van der Waals surface area contributed by atoms with Crippen molar-refractivity contribution in [3.05, 3.63) is 30.3 Å². The number of rotatable bonds is 10. The molecular weight excluding hydrogens is 342 g/mol. The van der Waals surface area contributed by atoms with Gasteiger partial charge in [-0.3, -0.25) is 14.4 Å². The van der Waals surface area contributed by atoms with Crippen molar-refractivity contribution in [2.45, 2.75) is 51.9 Å². The molecule has 0 heterocycles. The maximum atomic E-state index is 12.5. The fourth-order valence-electron chi connectivity index (χ4n) is 3.48. The molecule has 27 heavy (non-hydrogen) atoms. The Morgan fingerprint density at radius 1 is 1.07 bits per heavy atom. The predicted octanol–water partition coefficient (Wildman–Crippen LogP) is 2.95. The van der Waals surface area contributed by atoms with Gasteiger partial charge in [-0.15, -0.1) is 0 Å². The van der Waals surface area contributed by atoms with E-state index in [1.165, 1.54) is 25.7 Å². The van der Waals surface area contributed by atoms with Crippen molar-refractivity contribution in [1.82, 2.24) is 10.2 Å². The van der Waals surface area contributed by atoms with E-state index in [1.807, 2.05) is 25.1 Å². The maximum Gasteiger partial charge on any atom is 0.243 e. The number of nitrogens with zero attached hydrogens (tertiary/aromatic N) is 1. The summed E-state index contributed by atoms with van der Waals surface area (Å²) in [5.41, 5.74) is 0.687. The van der Waals surface area contributed by atoms with E-state index >= 15 is 0 Å². The van der Waals surface area contributed by atoms with Crippen LogP contribution in [0.3, 0.4) is 0 Å². The summed E-state index contributed by atoms with van der Waals surface area (Å²) in [6.45, 7) is 2.45. The van der Waals surface area contributed by atoms with E-state index in [9.17, 15) is 14.4 Å². The third-order valence-corrected chi connectivity index (χ3v) is 4.93. The largest absolute Gasteiger partial charge is 0.345 e. The molecule has 0 radical (unpaired) electrons. The van der Waals surface area contributed by atoms with Crippen LogP contribution in [0.4, 0.5) is 5.69 Å². The monoisotopic (exact) mass is 373 g/mol. The van der Waals surface area contributed by atoms with Gasteiger partial charge in [0.1, 0.15) is 0 Å². The number of carbonyl (C=O) groups is 3. The second-order valence-electron chi connectivity index (χ2n) is 7.20. The number of nitrogens with one attached hydrogen (secondary N) is 2. The van der Waals surface area contributed by atoms with Gasteiger partial charge >= 0.3 is 0 Å². The van der Waals surface area contributed by atoms with Gasteiger partial charge in [-0.25, -0.2) is 0 Å². The van der Waals surface area contributed by atoms with E-state index in [4.69, 9.17) is 0 Å².